The molecule has 0 aliphatic carbocycles. The zero-order chi connectivity index (χ0) is 13.5. The van der Waals surface area contributed by atoms with Crippen LogP contribution in [-0.2, 0) is 9.59 Å². The van der Waals surface area contributed by atoms with E-state index in [0.717, 1.165) is 32.4 Å². The Hall–Kier alpha value is -1.10. The van der Waals surface area contributed by atoms with E-state index >= 15 is 0 Å². The van der Waals surface area contributed by atoms with Crippen LogP contribution in [0.15, 0.2) is 0 Å². The molecule has 0 aromatic rings. The number of hydrogen-bond acceptors (Lipinski definition) is 3. The predicted molar refractivity (Wildman–Crippen MR) is 71.0 cm³/mol. The van der Waals surface area contributed by atoms with Gasteiger partial charge in [-0.2, -0.15) is 0 Å². The molecule has 1 saturated heterocycles. The molecular formula is C13H25N3O2. The maximum Gasteiger partial charge on any atom is 0.222 e. The van der Waals surface area contributed by atoms with Crippen molar-refractivity contribution in [2.75, 3.05) is 26.2 Å². The summed E-state index contributed by atoms with van der Waals surface area (Å²) in [5.41, 5.74) is 5.66. The molecule has 2 amide bonds. The zero-order valence-electron chi connectivity index (χ0n) is 11.5. The maximum atomic E-state index is 12.0. The van der Waals surface area contributed by atoms with Crippen molar-refractivity contribution < 1.29 is 9.59 Å². The van der Waals surface area contributed by atoms with Gasteiger partial charge in [-0.1, -0.05) is 0 Å². The van der Waals surface area contributed by atoms with E-state index in [9.17, 15) is 9.59 Å². The van der Waals surface area contributed by atoms with Gasteiger partial charge < -0.3 is 15.5 Å². The average molecular weight is 255 g/mol. The molecule has 0 saturated carbocycles. The molecule has 104 valence electrons. The van der Waals surface area contributed by atoms with E-state index in [-0.39, 0.29) is 17.9 Å². The maximum absolute atomic E-state index is 12.0. The molecule has 0 spiro atoms. The summed E-state index contributed by atoms with van der Waals surface area (Å²) in [6.07, 6.45) is 3.18. The fourth-order valence-corrected chi connectivity index (χ4v) is 2.22. The van der Waals surface area contributed by atoms with E-state index in [1.807, 2.05) is 16.7 Å². The Balaban J connectivity index is 2.33. The van der Waals surface area contributed by atoms with Gasteiger partial charge in [0.25, 0.3) is 0 Å². The van der Waals surface area contributed by atoms with Crippen LogP contribution >= 0.6 is 0 Å². The first kappa shape index (κ1) is 15.0. The van der Waals surface area contributed by atoms with Crippen molar-refractivity contribution >= 4 is 11.8 Å². The predicted octanol–water partition coefficient (Wildman–Crippen LogP) is 0.585. The fourth-order valence-electron chi connectivity index (χ4n) is 2.22. The normalized spacial score (nSPS) is 18.4. The molecule has 0 aromatic heterocycles. The Kier molecular flexibility index (Phi) is 6.12. The van der Waals surface area contributed by atoms with E-state index in [2.05, 4.69) is 0 Å². The lowest BCUT2D eigenvalue weighted by molar-refractivity contribution is -0.132. The summed E-state index contributed by atoms with van der Waals surface area (Å²) >= 11 is 0. The summed E-state index contributed by atoms with van der Waals surface area (Å²) in [5.74, 6) is 0.294. The molecule has 18 heavy (non-hydrogen) atoms. The van der Waals surface area contributed by atoms with Crippen molar-refractivity contribution in [3.63, 3.8) is 0 Å². The van der Waals surface area contributed by atoms with Crippen molar-refractivity contribution in [2.24, 2.45) is 5.73 Å². The first-order valence-corrected chi connectivity index (χ1v) is 6.79. The summed E-state index contributed by atoms with van der Waals surface area (Å²) in [4.78, 5) is 27.0. The van der Waals surface area contributed by atoms with Crippen LogP contribution in [0.2, 0.25) is 0 Å². The third-order valence-electron chi connectivity index (χ3n) is 3.34. The monoisotopic (exact) mass is 255 g/mol. The van der Waals surface area contributed by atoms with Crippen LogP contribution in [0.5, 0.6) is 0 Å². The van der Waals surface area contributed by atoms with Crippen LogP contribution in [0, 0.1) is 0 Å². The number of hydrogen-bond donors (Lipinski definition) is 1. The van der Waals surface area contributed by atoms with Crippen molar-refractivity contribution in [1.82, 2.24) is 9.80 Å². The Morgan fingerprint density at radius 3 is 2.39 bits per heavy atom. The minimum Gasteiger partial charge on any atom is -0.341 e. The number of nitrogens with zero attached hydrogens (tertiary/aromatic N) is 2. The Morgan fingerprint density at radius 1 is 1.17 bits per heavy atom. The Morgan fingerprint density at radius 2 is 1.78 bits per heavy atom. The lowest BCUT2D eigenvalue weighted by Crippen LogP contribution is -2.36. The number of carbonyl (C=O) groups excluding carboxylic acids is 2. The van der Waals surface area contributed by atoms with E-state index in [0.29, 0.717) is 19.5 Å². The molecule has 5 heteroatoms. The molecule has 1 rings (SSSR count). The number of carbonyl (C=O) groups is 2. The molecule has 5 nitrogen and oxygen atoms in total. The Bertz CT molecular complexity index is 292. The van der Waals surface area contributed by atoms with Gasteiger partial charge >= 0.3 is 0 Å². The minimum absolute atomic E-state index is 0.0984. The standard InChI is InChI=1S/C13H25N3O2/c1-11(14)5-3-6-13(18)16-8-4-7-15(9-10-16)12(2)17/h11H,3-10,14H2,1-2H3. The number of rotatable bonds is 4. The number of nitrogens with two attached hydrogens (primary N) is 1. The van der Waals surface area contributed by atoms with Crippen LogP contribution in [0.25, 0.3) is 0 Å². The highest BCUT2D eigenvalue weighted by molar-refractivity contribution is 5.76. The zero-order valence-corrected chi connectivity index (χ0v) is 11.5. The van der Waals surface area contributed by atoms with E-state index in [4.69, 9.17) is 5.73 Å². The third-order valence-corrected chi connectivity index (χ3v) is 3.34. The third kappa shape index (κ3) is 5.04. The highest BCUT2D eigenvalue weighted by Crippen LogP contribution is 2.08. The van der Waals surface area contributed by atoms with Gasteiger partial charge in [-0.25, -0.2) is 0 Å². The SMILES string of the molecule is CC(=O)N1CCCN(C(=O)CCCC(C)N)CC1. The minimum atomic E-state index is 0.0984. The molecule has 1 heterocycles. The highest BCUT2D eigenvalue weighted by atomic mass is 16.2. The number of amides is 2. The van der Waals surface area contributed by atoms with Crippen molar-refractivity contribution in [3.05, 3.63) is 0 Å². The largest absolute Gasteiger partial charge is 0.341 e. The average Bonchev–Trinajstić information content (AvgIpc) is 2.53. The van der Waals surface area contributed by atoms with Gasteiger partial charge in [0, 0.05) is 45.6 Å². The van der Waals surface area contributed by atoms with Gasteiger partial charge in [-0.15, -0.1) is 0 Å². The van der Waals surface area contributed by atoms with Crippen molar-refractivity contribution in [2.45, 2.75) is 45.6 Å². The van der Waals surface area contributed by atoms with E-state index < -0.39 is 0 Å². The molecule has 0 aromatic carbocycles. The van der Waals surface area contributed by atoms with Gasteiger partial charge in [0.15, 0.2) is 0 Å². The summed E-state index contributed by atoms with van der Waals surface area (Å²) in [6, 6.07) is 0.162. The molecule has 0 radical (unpaired) electrons. The molecule has 2 N–H and O–H groups in total. The van der Waals surface area contributed by atoms with Crippen LogP contribution in [0.4, 0.5) is 0 Å². The first-order chi connectivity index (χ1) is 8.50. The summed E-state index contributed by atoms with van der Waals surface area (Å²) in [6.45, 7) is 6.39. The fraction of sp³-hybridized carbons (Fsp3) is 0.846. The smallest absolute Gasteiger partial charge is 0.222 e. The summed E-state index contributed by atoms with van der Waals surface area (Å²) in [5, 5.41) is 0. The lowest BCUT2D eigenvalue weighted by Gasteiger charge is -2.21. The Labute approximate surface area is 109 Å². The van der Waals surface area contributed by atoms with Gasteiger partial charge in [-0.05, 0) is 26.2 Å². The van der Waals surface area contributed by atoms with Crippen LogP contribution in [0.3, 0.4) is 0 Å². The molecule has 1 unspecified atom stereocenters. The summed E-state index contributed by atoms with van der Waals surface area (Å²) < 4.78 is 0. The second-order valence-electron chi connectivity index (χ2n) is 5.11. The topological polar surface area (TPSA) is 66.6 Å². The molecular weight excluding hydrogens is 230 g/mol. The van der Waals surface area contributed by atoms with Crippen LogP contribution in [-0.4, -0.2) is 53.8 Å². The molecule has 1 aliphatic rings. The van der Waals surface area contributed by atoms with Gasteiger partial charge in [0.05, 0.1) is 0 Å². The van der Waals surface area contributed by atoms with Gasteiger partial charge in [0.2, 0.25) is 11.8 Å². The van der Waals surface area contributed by atoms with Crippen LogP contribution < -0.4 is 5.73 Å². The first-order valence-electron chi connectivity index (χ1n) is 6.79. The highest BCUT2D eigenvalue weighted by Gasteiger charge is 2.19. The van der Waals surface area contributed by atoms with Crippen LogP contribution in [0.1, 0.15) is 39.5 Å². The lowest BCUT2D eigenvalue weighted by atomic mass is 10.1. The van der Waals surface area contributed by atoms with Crippen molar-refractivity contribution in [3.8, 4) is 0 Å². The second kappa shape index (κ2) is 7.36. The molecule has 1 aliphatic heterocycles. The van der Waals surface area contributed by atoms with E-state index in [1.54, 1.807) is 6.92 Å². The molecule has 1 fully saturated rings. The summed E-state index contributed by atoms with van der Waals surface area (Å²) in [7, 11) is 0. The molecule has 0 bridgehead atoms. The van der Waals surface area contributed by atoms with E-state index in [1.165, 1.54) is 0 Å². The van der Waals surface area contributed by atoms with Gasteiger partial charge in [-0.3, -0.25) is 9.59 Å². The quantitative estimate of drug-likeness (QED) is 0.799. The molecule has 1 atom stereocenters. The second-order valence-corrected chi connectivity index (χ2v) is 5.11. The van der Waals surface area contributed by atoms with Crippen molar-refractivity contribution in [1.29, 1.82) is 0 Å². The van der Waals surface area contributed by atoms with Gasteiger partial charge in [0.1, 0.15) is 0 Å².